The van der Waals surface area contributed by atoms with Gasteiger partial charge in [-0.05, 0) is 32.2 Å². The van der Waals surface area contributed by atoms with Crippen LogP contribution in [0.2, 0.25) is 0 Å². The van der Waals surface area contributed by atoms with Gasteiger partial charge in [-0.3, -0.25) is 9.59 Å². The molecule has 22 heavy (non-hydrogen) atoms. The van der Waals surface area contributed by atoms with Gasteiger partial charge in [0.05, 0.1) is 0 Å². The van der Waals surface area contributed by atoms with E-state index in [9.17, 15) is 9.59 Å². The van der Waals surface area contributed by atoms with Crippen LogP contribution in [0, 0.1) is 0 Å². The van der Waals surface area contributed by atoms with Crippen LogP contribution in [0.3, 0.4) is 0 Å². The number of likely N-dealkylation sites (N-methyl/N-ethyl adjacent to an activating group) is 1. The van der Waals surface area contributed by atoms with E-state index in [1.807, 2.05) is 14.0 Å². The zero-order valence-electron chi connectivity index (χ0n) is 12.6. The van der Waals surface area contributed by atoms with E-state index in [4.69, 9.17) is 0 Å². The molecular weight excluding hydrogens is 302 g/mol. The molecule has 2 rings (SSSR count). The summed E-state index contributed by atoms with van der Waals surface area (Å²) >= 11 is 0. The van der Waals surface area contributed by atoms with Crippen molar-refractivity contribution in [2.75, 3.05) is 13.6 Å². The van der Waals surface area contributed by atoms with Gasteiger partial charge in [-0.1, -0.05) is 12.1 Å². The molecule has 2 aromatic rings. The number of aromatic nitrogens is 1. The summed E-state index contributed by atoms with van der Waals surface area (Å²) in [5.41, 5.74) is 1.72. The highest BCUT2D eigenvalue weighted by Gasteiger charge is 2.11. The number of benzene rings is 1. The van der Waals surface area contributed by atoms with Crippen molar-refractivity contribution < 1.29 is 9.59 Å². The molecule has 1 aromatic carbocycles. The fourth-order valence-corrected chi connectivity index (χ4v) is 1.85. The molecule has 118 valence electrons. The predicted octanol–water partition coefficient (Wildman–Crippen LogP) is 2.01. The van der Waals surface area contributed by atoms with Gasteiger partial charge in [0.25, 0.3) is 5.91 Å². The van der Waals surface area contributed by atoms with Gasteiger partial charge in [0.2, 0.25) is 0 Å². The van der Waals surface area contributed by atoms with Crippen LogP contribution in [0.15, 0.2) is 42.7 Å². The minimum absolute atomic E-state index is 0. The highest BCUT2D eigenvalue weighted by atomic mass is 35.5. The van der Waals surface area contributed by atoms with Crippen molar-refractivity contribution in [3.8, 4) is 0 Å². The summed E-state index contributed by atoms with van der Waals surface area (Å²) in [6.07, 6.45) is 3.36. The molecule has 3 N–H and O–H groups in total. The van der Waals surface area contributed by atoms with Crippen LogP contribution < -0.4 is 10.6 Å². The Balaban J connectivity index is 0.00000242. The Morgan fingerprint density at radius 2 is 1.73 bits per heavy atom. The molecule has 1 heterocycles. The SMILES string of the molecule is CNC(C)CNC(=O)c1ccc(C(=O)c2cc[nH]c2)cc1.Cl. The van der Waals surface area contributed by atoms with Gasteiger partial charge in [-0.15, -0.1) is 12.4 Å². The summed E-state index contributed by atoms with van der Waals surface area (Å²) in [5.74, 6) is -0.204. The second kappa shape index (κ2) is 8.36. The maximum absolute atomic E-state index is 12.1. The molecule has 1 unspecified atom stereocenters. The van der Waals surface area contributed by atoms with E-state index in [1.165, 1.54) is 0 Å². The number of aromatic amines is 1. The molecule has 0 saturated carbocycles. The molecule has 5 nitrogen and oxygen atoms in total. The predicted molar refractivity (Wildman–Crippen MR) is 88.8 cm³/mol. The Hall–Kier alpha value is -2.11. The van der Waals surface area contributed by atoms with Gasteiger partial charge in [-0.2, -0.15) is 0 Å². The number of halogens is 1. The van der Waals surface area contributed by atoms with Gasteiger partial charge in [0, 0.05) is 41.7 Å². The van der Waals surface area contributed by atoms with Crippen molar-refractivity contribution in [2.45, 2.75) is 13.0 Å². The van der Waals surface area contributed by atoms with E-state index in [-0.39, 0.29) is 30.1 Å². The fraction of sp³-hybridized carbons (Fsp3) is 0.250. The van der Waals surface area contributed by atoms with E-state index in [0.717, 1.165) is 0 Å². The maximum Gasteiger partial charge on any atom is 0.251 e. The zero-order valence-corrected chi connectivity index (χ0v) is 13.4. The van der Waals surface area contributed by atoms with Gasteiger partial charge in [-0.25, -0.2) is 0 Å². The molecule has 0 aliphatic carbocycles. The van der Waals surface area contributed by atoms with Gasteiger partial charge in [0.1, 0.15) is 0 Å². The lowest BCUT2D eigenvalue weighted by atomic mass is 10.0. The largest absolute Gasteiger partial charge is 0.367 e. The van der Waals surface area contributed by atoms with Crippen LogP contribution >= 0.6 is 12.4 Å². The average Bonchev–Trinajstić information content (AvgIpc) is 3.06. The first-order valence-corrected chi connectivity index (χ1v) is 6.85. The Morgan fingerprint density at radius 3 is 2.27 bits per heavy atom. The van der Waals surface area contributed by atoms with Gasteiger partial charge < -0.3 is 15.6 Å². The standard InChI is InChI=1S/C16H19N3O2.ClH/c1-11(17-2)9-19-16(21)13-5-3-12(4-6-13)15(20)14-7-8-18-10-14;/h3-8,10-11,17-18H,9H2,1-2H3,(H,19,21);1H. The molecule has 0 aliphatic rings. The molecule has 1 amide bonds. The molecule has 0 saturated heterocycles. The van der Waals surface area contributed by atoms with Crippen LogP contribution in [0.5, 0.6) is 0 Å². The highest BCUT2D eigenvalue weighted by Crippen LogP contribution is 2.10. The van der Waals surface area contributed by atoms with Crippen molar-refractivity contribution in [3.05, 3.63) is 59.4 Å². The lowest BCUT2D eigenvalue weighted by molar-refractivity contribution is 0.0949. The molecule has 0 bridgehead atoms. The van der Waals surface area contributed by atoms with Crippen molar-refractivity contribution >= 4 is 24.1 Å². The zero-order chi connectivity index (χ0) is 15.2. The van der Waals surface area contributed by atoms with E-state index in [2.05, 4.69) is 15.6 Å². The van der Waals surface area contributed by atoms with Crippen LogP contribution in [0.25, 0.3) is 0 Å². The Labute approximate surface area is 135 Å². The third-order valence-electron chi connectivity index (χ3n) is 3.33. The molecule has 6 heteroatoms. The number of amides is 1. The molecule has 0 aliphatic heterocycles. The summed E-state index contributed by atoms with van der Waals surface area (Å²) in [6, 6.07) is 8.61. The minimum atomic E-state index is -0.141. The maximum atomic E-state index is 12.1. The third kappa shape index (κ3) is 4.44. The normalized spacial score (nSPS) is 11.4. The van der Waals surface area contributed by atoms with E-state index in [1.54, 1.807) is 42.7 Å². The molecule has 0 radical (unpaired) electrons. The Bertz CT molecular complexity index is 609. The number of nitrogens with one attached hydrogen (secondary N) is 3. The topological polar surface area (TPSA) is 74.0 Å². The smallest absolute Gasteiger partial charge is 0.251 e. The molecule has 1 aromatic heterocycles. The van der Waals surface area contributed by atoms with Crippen molar-refractivity contribution in [1.29, 1.82) is 0 Å². The Kier molecular flexibility index (Phi) is 6.82. The summed E-state index contributed by atoms with van der Waals surface area (Å²) in [6.45, 7) is 2.54. The lowest BCUT2D eigenvalue weighted by Gasteiger charge is -2.11. The monoisotopic (exact) mass is 321 g/mol. The first kappa shape index (κ1) is 17.9. The van der Waals surface area contributed by atoms with Crippen LogP contribution in [-0.2, 0) is 0 Å². The summed E-state index contributed by atoms with van der Waals surface area (Å²) in [4.78, 5) is 26.9. The minimum Gasteiger partial charge on any atom is -0.367 e. The highest BCUT2D eigenvalue weighted by molar-refractivity contribution is 6.09. The second-order valence-electron chi connectivity index (χ2n) is 4.91. The molecular formula is C16H20ClN3O2. The lowest BCUT2D eigenvalue weighted by Crippen LogP contribution is -2.37. The van der Waals surface area contributed by atoms with Crippen LogP contribution in [0.4, 0.5) is 0 Å². The number of ketones is 1. The van der Waals surface area contributed by atoms with E-state index >= 15 is 0 Å². The molecule has 1 atom stereocenters. The summed E-state index contributed by atoms with van der Waals surface area (Å²) in [7, 11) is 1.85. The second-order valence-corrected chi connectivity index (χ2v) is 4.91. The fourth-order valence-electron chi connectivity index (χ4n) is 1.85. The Morgan fingerprint density at radius 1 is 1.09 bits per heavy atom. The molecule has 0 fully saturated rings. The first-order chi connectivity index (χ1) is 10.1. The van der Waals surface area contributed by atoms with Gasteiger partial charge in [0.15, 0.2) is 5.78 Å². The third-order valence-corrected chi connectivity index (χ3v) is 3.33. The van der Waals surface area contributed by atoms with Crippen molar-refractivity contribution in [3.63, 3.8) is 0 Å². The van der Waals surface area contributed by atoms with E-state index in [0.29, 0.717) is 23.2 Å². The number of carbonyl (C=O) groups is 2. The average molecular weight is 322 g/mol. The quantitative estimate of drug-likeness (QED) is 0.712. The number of rotatable bonds is 6. The van der Waals surface area contributed by atoms with Crippen molar-refractivity contribution in [2.24, 2.45) is 0 Å². The summed E-state index contributed by atoms with van der Waals surface area (Å²) < 4.78 is 0. The first-order valence-electron chi connectivity index (χ1n) is 6.85. The summed E-state index contributed by atoms with van der Waals surface area (Å²) in [5, 5.41) is 5.88. The molecule has 0 spiro atoms. The van der Waals surface area contributed by atoms with E-state index < -0.39 is 0 Å². The van der Waals surface area contributed by atoms with Crippen LogP contribution in [-0.4, -0.2) is 36.3 Å². The van der Waals surface area contributed by atoms with Crippen LogP contribution in [0.1, 0.15) is 33.2 Å². The van der Waals surface area contributed by atoms with Gasteiger partial charge >= 0.3 is 0 Å². The van der Waals surface area contributed by atoms with Crippen molar-refractivity contribution in [1.82, 2.24) is 15.6 Å². The number of hydrogen-bond donors (Lipinski definition) is 3. The number of carbonyl (C=O) groups excluding carboxylic acids is 2. The number of H-pyrrole nitrogens is 1. The number of hydrogen-bond acceptors (Lipinski definition) is 3.